The second-order valence-corrected chi connectivity index (χ2v) is 3.94. The number of rotatable bonds is 5. The Morgan fingerprint density at radius 1 is 1.05 bits per heavy atom. The van der Waals surface area contributed by atoms with Crippen LogP contribution >= 0.6 is 0 Å². The number of benzene rings is 2. The summed E-state index contributed by atoms with van der Waals surface area (Å²) >= 11 is 0. The molecule has 19 heavy (non-hydrogen) atoms. The van der Waals surface area contributed by atoms with Crippen LogP contribution in [0, 0.1) is 10.1 Å². The molecule has 2 rings (SSSR count). The van der Waals surface area contributed by atoms with Crippen LogP contribution in [0.15, 0.2) is 60.8 Å². The maximum atomic E-state index is 10.2. The zero-order valence-corrected chi connectivity index (χ0v) is 10.2. The van der Waals surface area contributed by atoms with Gasteiger partial charge < -0.3 is 4.74 Å². The summed E-state index contributed by atoms with van der Waals surface area (Å²) in [5, 5.41) is 10.2. The van der Waals surface area contributed by atoms with Gasteiger partial charge in [-0.25, -0.2) is 0 Å². The highest BCUT2D eigenvalue weighted by atomic mass is 16.6. The molecule has 4 nitrogen and oxygen atoms in total. The first-order valence-corrected chi connectivity index (χ1v) is 5.82. The Labute approximate surface area is 111 Å². The summed E-state index contributed by atoms with van der Waals surface area (Å²) in [7, 11) is 0. The fraction of sp³-hybridized carbons (Fsp3) is 0.0667. The lowest BCUT2D eigenvalue weighted by Crippen LogP contribution is -1.94. The summed E-state index contributed by atoms with van der Waals surface area (Å²) in [4.78, 5) is 9.71. The predicted octanol–water partition coefficient (Wildman–Crippen LogP) is 3.51. The smallest absolute Gasteiger partial charge is 0.235 e. The van der Waals surface area contributed by atoms with Crippen molar-refractivity contribution in [2.24, 2.45) is 0 Å². The van der Waals surface area contributed by atoms with Crippen molar-refractivity contribution in [2.45, 2.75) is 6.61 Å². The van der Waals surface area contributed by atoms with Crippen molar-refractivity contribution in [3.05, 3.63) is 82.0 Å². The molecule has 0 N–H and O–H groups in total. The monoisotopic (exact) mass is 255 g/mol. The fourth-order valence-electron chi connectivity index (χ4n) is 1.56. The lowest BCUT2D eigenvalue weighted by molar-refractivity contribution is -0.400. The molecule has 0 amide bonds. The van der Waals surface area contributed by atoms with E-state index in [1.807, 2.05) is 30.3 Å². The average molecular weight is 255 g/mol. The van der Waals surface area contributed by atoms with E-state index in [1.165, 1.54) is 6.08 Å². The van der Waals surface area contributed by atoms with E-state index in [0.717, 1.165) is 23.1 Å². The van der Waals surface area contributed by atoms with Crippen molar-refractivity contribution in [2.75, 3.05) is 0 Å². The lowest BCUT2D eigenvalue weighted by Gasteiger charge is -2.06. The quantitative estimate of drug-likeness (QED) is 0.606. The van der Waals surface area contributed by atoms with Gasteiger partial charge in [-0.05, 0) is 23.3 Å². The average Bonchev–Trinajstić information content (AvgIpc) is 2.45. The van der Waals surface area contributed by atoms with Gasteiger partial charge in [-0.15, -0.1) is 0 Å². The summed E-state index contributed by atoms with van der Waals surface area (Å²) in [6.45, 7) is 0.505. The van der Waals surface area contributed by atoms with Crippen molar-refractivity contribution in [1.82, 2.24) is 0 Å². The minimum absolute atomic E-state index is 0.486. The van der Waals surface area contributed by atoms with Gasteiger partial charge in [0.1, 0.15) is 12.4 Å². The molecule has 0 aliphatic rings. The molecule has 0 aromatic heterocycles. The van der Waals surface area contributed by atoms with Gasteiger partial charge in [-0.2, -0.15) is 0 Å². The molecular formula is C15H13NO3. The van der Waals surface area contributed by atoms with E-state index in [9.17, 15) is 10.1 Å². The summed E-state index contributed by atoms with van der Waals surface area (Å²) in [6, 6.07) is 17.0. The van der Waals surface area contributed by atoms with Crippen LogP contribution in [0.2, 0.25) is 0 Å². The minimum atomic E-state index is -0.486. The SMILES string of the molecule is O=[N+]([O-])/C=C\c1ccc(OCc2ccccc2)cc1. The van der Waals surface area contributed by atoms with Crippen LogP contribution in [0.1, 0.15) is 11.1 Å². The molecule has 0 unspecified atom stereocenters. The second-order valence-electron chi connectivity index (χ2n) is 3.94. The third-order valence-corrected chi connectivity index (χ3v) is 2.52. The molecular weight excluding hydrogens is 242 g/mol. The van der Waals surface area contributed by atoms with Crippen LogP contribution in [0.25, 0.3) is 6.08 Å². The summed E-state index contributed by atoms with van der Waals surface area (Å²) in [5.74, 6) is 0.738. The largest absolute Gasteiger partial charge is 0.489 e. The molecule has 0 aliphatic heterocycles. The molecule has 0 heterocycles. The Kier molecular flexibility index (Phi) is 4.29. The van der Waals surface area contributed by atoms with Crippen molar-refractivity contribution in [3.8, 4) is 5.75 Å². The lowest BCUT2D eigenvalue weighted by atomic mass is 10.2. The molecule has 0 saturated heterocycles. The van der Waals surface area contributed by atoms with Crippen LogP contribution in [0.4, 0.5) is 0 Å². The molecule has 4 heteroatoms. The number of ether oxygens (including phenoxy) is 1. The second kappa shape index (κ2) is 6.35. The van der Waals surface area contributed by atoms with Crippen LogP contribution in [0.5, 0.6) is 5.75 Å². The predicted molar refractivity (Wildman–Crippen MR) is 73.2 cm³/mol. The van der Waals surface area contributed by atoms with E-state index < -0.39 is 4.92 Å². The first-order chi connectivity index (χ1) is 9.24. The van der Waals surface area contributed by atoms with Gasteiger partial charge in [-0.3, -0.25) is 10.1 Å². The van der Waals surface area contributed by atoms with Crippen LogP contribution in [-0.4, -0.2) is 4.92 Å². The van der Waals surface area contributed by atoms with Gasteiger partial charge in [0.15, 0.2) is 0 Å². The fourth-order valence-corrected chi connectivity index (χ4v) is 1.56. The van der Waals surface area contributed by atoms with E-state index in [2.05, 4.69) is 0 Å². The first kappa shape index (κ1) is 12.8. The molecule has 0 aliphatic carbocycles. The number of hydrogen-bond acceptors (Lipinski definition) is 3. The minimum Gasteiger partial charge on any atom is -0.489 e. The highest BCUT2D eigenvalue weighted by molar-refractivity contribution is 5.49. The Balaban J connectivity index is 1.94. The van der Waals surface area contributed by atoms with E-state index in [0.29, 0.717) is 6.61 Å². The Morgan fingerprint density at radius 3 is 2.37 bits per heavy atom. The van der Waals surface area contributed by atoms with E-state index >= 15 is 0 Å². The topological polar surface area (TPSA) is 52.4 Å². The van der Waals surface area contributed by atoms with Gasteiger partial charge in [0, 0.05) is 6.08 Å². The van der Waals surface area contributed by atoms with Crippen molar-refractivity contribution < 1.29 is 9.66 Å². The van der Waals surface area contributed by atoms with Crippen LogP contribution < -0.4 is 4.74 Å². The van der Waals surface area contributed by atoms with Crippen molar-refractivity contribution in [3.63, 3.8) is 0 Å². The summed E-state index contributed by atoms with van der Waals surface area (Å²) in [5.41, 5.74) is 1.86. The molecule has 0 saturated carbocycles. The molecule has 2 aromatic rings. The Hall–Kier alpha value is -2.62. The third kappa shape index (κ3) is 4.27. The number of nitrogens with zero attached hydrogens (tertiary/aromatic N) is 1. The van der Waals surface area contributed by atoms with Gasteiger partial charge >= 0.3 is 0 Å². The van der Waals surface area contributed by atoms with E-state index in [1.54, 1.807) is 24.3 Å². The molecule has 0 bridgehead atoms. The van der Waals surface area contributed by atoms with Crippen molar-refractivity contribution >= 4 is 6.08 Å². The zero-order chi connectivity index (χ0) is 13.5. The standard InChI is InChI=1S/C15H13NO3/c17-16(18)11-10-13-6-8-15(9-7-13)19-12-14-4-2-1-3-5-14/h1-11H,12H2/b11-10-. The van der Waals surface area contributed by atoms with Gasteiger partial charge in [0.2, 0.25) is 6.20 Å². The third-order valence-electron chi connectivity index (χ3n) is 2.52. The molecule has 0 radical (unpaired) electrons. The highest BCUT2D eigenvalue weighted by Crippen LogP contribution is 2.15. The van der Waals surface area contributed by atoms with Crippen LogP contribution in [0.3, 0.4) is 0 Å². The van der Waals surface area contributed by atoms with E-state index in [4.69, 9.17) is 4.74 Å². The van der Waals surface area contributed by atoms with Gasteiger partial charge in [-0.1, -0.05) is 42.5 Å². The summed E-state index contributed by atoms with van der Waals surface area (Å²) in [6.07, 6.45) is 2.36. The molecule has 0 spiro atoms. The molecule has 2 aromatic carbocycles. The first-order valence-electron chi connectivity index (χ1n) is 5.82. The van der Waals surface area contributed by atoms with E-state index in [-0.39, 0.29) is 0 Å². The normalized spacial score (nSPS) is 10.5. The Bertz CT molecular complexity index is 562. The molecule has 0 atom stereocenters. The molecule has 0 fully saturated rings. The maximum Gasteiger partial charge on any atom is 0.235 e. The number of hydrogen-bond donors (Lipinski definition) is 0. The zero-order valence-electron chi connectivity index (χ0n) is 10.2. The van der Waals surface area contributed by atoms with Crippen molar-refractivity contribution in [1.29, 1.82) is 0 Å². The maximum absolute atomic E-state index is 10.2. The van der Waals surface area contributed by atoms with Crippen LogP contribution in [-0.2, 0) is 6.61 Å². The highest BCUT2D eigenvalue weighted by Gasteiger charge is 1.96. The summed E-state index contributed by atoms with van der Waals surface area (Å²) < 4.78 is 5.61. The Morgan fingerprint density at radius 2 is 1.74 bits per heavy atom. The number of nitro groups is 1. The van der Waals surface area contributed by atoms with Gasteiger partial charge in [0.05, 0.1) is 4.92 Å². The molecule has 96 valence electrons. The van der Waals surface area contributed by atoms with Gasteiger partial charge in [0.25, 0.3) is 0 Å².